The number of hydrogen-bond donors (Lipinski definition) is 3. The third-order valence-corrected chi connectivity index (χ3v) is 3.57. The predicted octanol–water partition coefficient (Wildman–Crippen LogP) is 1.60. The van der Waals surface area contributed by atoms with Gasteiger partial charge < -0.3 is 20.5 Å². The van der Waals surface area contributed by atoms with Crippen molar-refractivity contribution in [3.8, 4) is 5.75 Å². The Labute approximate surface area is 147 Å². The fourth-order valence-corrected chi connectivity index (χ4v) is 2.06. The number of ether oxygens (including phenoxy) is 1. The monoisotopic (exact) mass is 350 g/mol. The van der Waals surface area contributed by atoms with Crippen LogP contribution >= 0.6 is 0 Å². The normalized spacial score (nSPS) is 10.9. The number of carboxylic acid groups (broad SMARTS) is 1. The summed E-state index contributed by atoms with van der Waals surface area (Å²) in [7, 11) is 1.47. The van der Waals surface area contributed by atoms with E-state index in [1.54, 1.807) is 6.07 Å². The van der Waals surface area contributed by atoms with Gasteiger partial charge in [0.25, 0.3) is 0 Å². The zero-order chi connectivity index (χ0) is 19.0. The van der Waals surface area contributed by atoms with Gasteiger partial charge in [0.05, 0.1) is 12.7 Å². The molecule has 0 heterocycles. The number of benzene rings is 1. The Morgan fingerprint density at radius 2 is 1.80 bits per heavy atom. The molecule has 0 atom stereocenters. The van der Waals surface area contributed by atoms with E-state index in [2.05, 4.69) is 10.6 Å². The minimum Gasteiger partial charge on any atom is -0.496 e. The summed E-state index contributed by atoms with van der Waals surface area (Å²) in [5.41, 5.74) is 0.489. The van der Waals surface area contributed by atoms with E-state index in [1.807, 2.05) is 20.8 Å². The van der Waals surface area contributed by atoms with Gasteiger partial charge in [-0.25, -0.2) is 4.79 Å². The first-order valence-electron chi connectivity index (χ1n) is 8.10. The number of nitrogens with one attached hydrogen (secondary N) is 2. The molecule has 0 saturated carbocycles. The summed E-state index contributed by atoms with van der Waals surface area (Å²) in [6.07, 6.45) is 0.722. The Kier molecular flexibility index (Phi) is 7.42. The van der Waals surface area contributed by atoms with Crippen LogP contribution in [0, 0.1) is 5.41 Å². The Morgan fingerprint density at radius 3 is 2.36 bits per heavy atom. The van der Waals surface area contributed by atoms with E-state index in [0.717, 1.165) is 5.56 Å². The maximum absolute atomic E-state index is 11.8. The molecule has 0 spiro atoms. The van der Waals surface area contributed by atoms with Crippen molar-refractivity contribution in [1.82, 2.24) is 10.6 Å². The molecule has 0 aromatic heterocycles. The van der Waals surface area contributed by atoms with E-state index in [0.29, 0.717) is 25.3 Å². The number of amides is 2. The molecule has 0 bridgehead atoms. The van der Waals surface area contributed by atoms with Crippen LogP contribution in [0.25, 0.3) is 0 Å². The molecular weight excluding hydrogens is 324 g/mol. The second kappa shape index (κ2) is 9.05. The predicted molar refractivity (Wildman–Crippen MR) is 93.7 cm³/mol. The molecule has 0 fully saturated rings. The third kappa shape index (κ3) is 6.82. The number of rotatable bonds is 8. The van der Waals surface area contributed by atoms with Gasteiger partial charge in [-0.05, 0) is 24.1 Å². The molecule has 138 valence electrons. The number of aromatic carboxylic acids is 1. The van der Waals surface area contributed by atoms with Crippen LogP contribution in [0.1, 0.15) is 43.1 Å². The van der Waals surface area contributed by atoms with Crippen molar-refractivity contribution in [3.63, 3.8) is 0 Å². The second-order valence-electron chi connectivity index (χ2n) is 6.69. The van der Waals surface area contributed by atoms with Crippen LogP contribution in [0.3, 0.4) is 0 Å². The van der Waals surface area contributed by atoms with Crippen molar-refractivity contribution in [2.24, 2.45) is 5.41 Å². The first-order chi connectivity index (χ1) is 11.6. The molecule has 0 saturated heterocycles. The van der Waals surface area contributed by atoms with Gasteiger partial charge in [-0.3, -0.25) is 9.59 Å². The van der Waals surface area contributed by atoms with Crippen LogP contribution in [-0.2, 0) is 16.0 Å². The summed E-state index contributed by atoms with van der Waals surface area (Å²) in [4.78, 5) is 34.4. The maximum Gasteiger partial charge on any atom is 0.335 e. The molecule has 0 unspecified atom stereocenters. The largest absolute Gasteiger partial charge is 0.496 e. The summed E-state index contributed by atoms with van der Waals surface area (Å²) < 4.78 is 5.19. The SMILES string of the molecule is COc1cc(C(=O)O)ccc1CCNC(=O)CCNC(=O)C(C)(C)C. The summed E-state index contributed by atoms with van der Waals surface area (Å²) in [6, 6.07) is 4.64. The summed E-state index contributed by atoms with van der Waals surface area (Å²) in [5, 5.41) is 14.5. The molecule has 25 heavy (non-hydrogen) atoms. The van der Waals surface area contributed by atoms with Gasteiger partial charge in [-0.1, -0.05) is 26.8 Å². The Balaban J connectivity index is 2.41. The minimum atomic E-state index is -1.02. The lowest BCUT2D eigenvalue weighted by Gasteiger charge is -2.17. The second-order valence-corrected chi connectivity index (χ2v) is 6.69. The summed E-state index contributed by atoms with van der Waals surface area (Å²) in [5.74, 6) is -0.791. The van der Waals surface area contributed by atoms with Crippen LogP contribution in [0.15, 0.2) is 18.2 Å². The zero-order valence-electron chi connectivity index (χ0n) is 15.1. The smallest absolute Gasteiger partial charge is 0.335 e. The van der Waals surface area contributed by atoms with Crippen molar-refractivity contribution < 1.29 is 24.2 Å². The zero-order valence-corrected chi connectivity index (χ0v) is 15.1. The van der Waals surface area contributed by atoms with Crippen LogP contribution in [0.2, 0.25) is 0 Å². The molecular formula is C18H26N2O5. The number of carboxylic acids is 1. The van der Waals surface area contributed by atoms with Gasteiger partial charge in [0.15, 0.2) is 0 Å². The quantitative estimate of drug-likeness (QED) is 0.660. The Morgan fingerprint density at radius 1 is 1.12 bits per heavy atom. The fourth-order valence-electron chi connectivity index (χ4n) is 2.06. The molecule has 3 N–H and O–H groups in total. The molecule has 7 nitrogen and oxygen atoms in total. The highest BCUT2D eigenvalue weighted by atomic mass is 16.5. The van der Waals surface area contributed by atoms with E-state index >= 15 is 0 Å². The average molecular weight is 350 g/mol. The summed E-state index contributed by atoms with van der Waals surface area (Å²) in [6.45, 7) is 6.12. The highest BCUT2D eigenvalue weighted by molar-refractivity contribution is 5.88. The average Bonchev–Trinajstić information content (AvgIpc) is 2.53. The van der Waals surface area contributed by atoms with Gasteiger partial charge in [-0.15, -0.1) is 0 Å². The topological polar surface area (TPSA) is 105 Å². The number of carbonyl (C=O) groups is 3. The van der Waals surface area contributed by atoms with Gasteiger partial charge in [-0.2, -0.15) is 0 Å². The van der Waals surface area contributed by atoms with E-state index in [9.17, 15) is 14.4 Å². The first kappa shape index (κ1) is 20.5. The van der Waals surface area contributed by atoms with Crippen molar-refractivity contribution >= 4 is 17.8 Å². The van der Waals surface area contributed by atoms with E-state index in [1.165, 1.54) is 19.2 Å². The van der Waals surface area contributed by atoms with E-state index < -0.39 is 11.4 Å². The van der Waals surface area contributed by atoms with E-state index in [4.69, 9.17) is 9.84 Å². The molecule has 0 radical (unpaired) electrons. The molecule has 1 aromatic rings. The first-order valence-corrected chi connectivity index (χ1v) is 8.10. The van der Waals surface area contributed by atoms with E-state index in [-0.39, 0.29) is 23.8 Å². The van der Waals surface area contributed by atoms with Gasteiger partial charge in [0.2, 0.25) is 11.8 Å². The van der Waals surface area contributed by atoms with Crippen LogP contribution < -0.4 is 15.4 Å². The minimum absolute atomic E-state index is 0.0939. The van der Waals surface area contributed by atoms with Crippen molar-refractivity contribution in [3.05, 3.63) is 29.3 Å². The number of hydrogen-bond acceptors (Lipinski definition) is 4. The van der Waals surface area contributed by atoms with Crippen LogP contribution in [0.5, 0.6) is 5.75 Å². The fraction of sp³-hybridized carbons (Fsp3) is 0.500. The maximum atomic E-state index is 11.8. The molecule has 0 aliphatic heterocycles. The molecule has 2 amide bonds. The molecule has 0 aliphatic rings. The standard InChI is InChI=1S/C18H26N2O5/c1-18(2,3)17(24)20-10-8-15(21)19-9-7-12-5-6-13(16(22)23)11-14(12)25-4/h5-6,11H,7-10H2,1-4H3,(H,19,21)(H,20,24)(H,22,23). The lowest BCUT2D eigenvalue weighted by molar-refractivity contribution is -0.128. The molecule has 0 aliphatic carbocycles. The van der Waals surface area contributed by atoms with Crippen LogP contribution in [0.4, 0.5) is 0 Å². The third-order valence-electron chi connectivity index (χ3n) is 3.57. The lowest BCUT2D eigenvalue weighted by Crippen LogP contribution is -2.37. The lowest BCUT2D eigenvalue weighted by atomic mass is 9.96. The molecule has 1 aromatic carbocycles. The summed E-state index contributed by atoms with van der Waals surface area (Å²) >= 11 is 0. The van der Waals surface area contributed by atoms with Crippen molar-refractivity contribution in [2.45, 2.75) is 33.6 Å². The Hall–Kier alpha value is -2.57. The molecule has 7 heteroatoms. The molecule has 1 rings (SSSR count). The highest BCUT2D eigenvalue weighted by Gasteiger charge is 2.20. The van der Waals surface area contributed by atoms with Gasteiger partial charge in [0.1, 0.15) is 5.75 Å². The van der Waals surface area contributed by atoms with Crippen molar-refractivity contribution in [2.75, 3.05) is 20.2 Å². The van der Waals surface area contributed by atoms with Gasteiger partial charge >= 0.3 is 5.97 Å². The Bertz CT molecular complexity index is 635. The van der Waals surface area contributed by atoms with Crippen LogP contribution in [-0.4, -0.2) is 43.1 Å². The highest BCUT2D eigenvalue weighted by Crippen LogP contribution is 2.20. The van der Waals surface area contributed by atoms with Crippen molar-refractivity contribution in [1.29, 1.82) is 0 Å². The number of methoxy groups -OCH3 is 1. The van der Waals surface area contributed by atoms with Gasteiger partial charge in [0, 0.05) is 24.9 Å². The number of carbonyl (C=O) groups excluding carboxylic acids is 2.